The monoisotopic (exact) mass is 496 g/mol. The van der Waals surface area contributed by atoms with Crippen molar-refractivity contribution in [2.75, 3.05) is 14.2 Å². The molecule has 0 fully saturated rings. The van der Waals surface area contributed by atoms with Gasteiger partial charge in [0.15, 0.2) is 11.4 Å². The predicted octanol–water partition coefficient (Wildman–Crippen LogP) is 5.77. The molecular weight excluding hydrogens is 475 g/mol. The first kappa shape index (κ1) is 20.2. The van der Waals surface area contributed by atoms with Crippen molar-refractivity contribution in [3.63, 3.8) is 0 Å². The normalized spacial score (nSPS) is 18.8. The Balaban J connectivity index is 1.50. The van der Waals surface area contributed by atoms with Gasteiger partial charge in [-0.25, -0.2) is 0 Å². The summed E-state index contributed by atoms with van der Waals surface area (Å²) in [6.45, 7) is -2.23. The number of hydrogen-bond acceptors (Lipinski definition) is 4. The Hall–Kier alpha value is -4.91. The summed E-state index contributed by atoms with van der Waals surface area (Å²) >= 11 is 0. The smallest absolute Gasteiger partial charge is 0.601 e. The van der Waals surface area contributed by atoms with Gasteiger partial charge >= 0.3 is 6.82 Å². The van der Waals surface area contributed by atoms with Crippen LogP contribution in [0.3, 0.4) is 0 Å². The molecule has 0 aliphatic carbocycles. The van der Waals surface area contributed by atoms with E-state index in [-0.39, 0.29) is 0 Å². The van der Waals surface area contributed by atoms with Crippen LogP contribution in [-0.4, -0.2) is 35.7 Å². The van der Waals surface area contributed by atoms with Crippen molar-refractivity contribution in [1.29, 1.82) is 0 Å². The highest BCUT2D eigenvalue weighted by Crippen LogP contribution is 2.53. The van der Waals surface area contributed by atoms with Crippen molar-refractivity contribution in [1.82, 2.24) is 4.48 Å². The molecule has 7 heteroatoms. The lowest BCUT2D eigenvalue weighted by Gasteiger charge is -2.46. The second kappa shape index (κ2) is 6.69. The number of hydrogen-bond donors (Lipinski definition) is 0. The van der Waals surface area contributed by atoms with Gasteiger partial charge in [-0.3, -0.25) is 0 Å². The van der Waals surface area contributed by atoms with E-state index >= 15 is 0 Å². The molecule has 6 nitrogen and oxygen atoms in total. The van der Waals surface area contributed by atoms with Gasteiger partial charge in [-0.1, -0.05) is 24.3 Å². The predicted molar refractivity (Wildman–Crippen MR) is 147 cm³/mol. The average Bonchev–Trinajstić information content (AvgIpc) is 3.48. The standard InChI is InChI=1S/C31H21BN2O4/c1-35-18-11-13-20-24(15-18)30-22-7-3-5-9-28(22)37-32-33(30)26(20)17-27-21-14-12-19(36-2)16-25(21)31(34(27)32)23-8-4-6-10-29(23)38-32/h3-17H,1-2H3. The van der Waals surface area contributed by atoms with Crippen LogP contribution in [0, 0.1) is 0 Å². The first-order valence-corrected chi connectivity index (χ1v) is 12.7. The molecule has 0 bridgehead atoms. The van der Waals surface area contributed by atoms with E-state index in [4.69, 9.17) is 18.8 Å². The average molecular weight is 496 g/mol. The molecule has 0 N–H and O–H groups in total. The second-order valence-electron chi connectivity index (χ2n) is 10.0. The highest BCUT2D eigenvalue weighted by Gasteiger charge is 2.64. The molecule has 0 saturated carbocycles. The topological polar surface area (TPSA) is 44.9 Å². The zero-order valence-electron chi connectivity index (χ0n) is 20.8. The van der Waals surface area contributed by atoms with Gasteiger partial charge < -0.3 is 27.7 Å². The minimum Gasteiger partial charge on any atom is -0.601 e. The lowest BCUT2D eigenvalue weighted by Crippen LogP contribution is -2.69. The van der Waals surface area contributed by atoms with Crippen molar-refractivity contribution >= 4 is 35.1 Å². The molecule has 1 unspecified atom stereocenters. The lowest BCUT2D eigenvalue weighted by atomic mass is 9.77. The van der Waals surface area contributed by atoms with Gasteiger partial charge in [0, 0.05) is 33.8 Å². The number of nitrogens with zero attached hydrogens (tertiary/aromatic N) is 2. The van der Waals surface area contributed by atoms with E-state index in [0.29, 0.717) is 0 Å². The summed E-state index contributed by atoms with van der Waals surface area (Å²) in [7, 11) is 3.41. The fraction of sp³-hybridized carbons (Fsp3) is 0.0645. The van der Waals surface area contributed by atoms with E-state index in [2.05, 4.69) is 63.6 Å². The Labute approximate surface area is 218 Å². The molecule has 1 spiro atoms. The minimum atomic E-state index is -2.23. The van der Waals surface area contributed by atoms with Gasteiger partial charge in [-0.2, -0.15) is 0 Å². The summed E-state index contributed by atoms with van der Waals surface area (Å²) in [5.74, 6) is 3.22. The van der Waals surface area contributed by atoms with Crippen LogP contribution in [0.15, 0.2) is 84.9 Å². The summed E-state index contributed by atoms with van der Waals surface area (Å²) in [6.07, 6.45) is 2.27. The maximum atomic E-state index is 7.05. The fourth-order valence-corrected chi connectivity index (χ4v) is 6.76. The largest absolute Gasteiger partial charge is 0.780 e. The maximum Gasteiger partial charge on any atom is 0.780 e. The van der Waals surface area contributed by atoms with Crippen molar-refractivity contribution in [3.8, 4) is 34.3 Å². The summed E-state index contributed by atoms with van der Waals surface area (Å²) in [6, 6.07) is 29.0. The quantitative estimate of drug-likeness (QED) is 0.291. The molecule has 1 aromatic heterocycles. The van der Waals surface area contributed by atoms with Crippen LogP contribution in [0.4, 0.5) is 0 Å². The highest BCUT2D eigenvalue weighted by molar-refractivity contribution is 6.65. The van der Waals surface area contributed by atoms with E-state index in [1.807, 2.05) is 36.4 Å². The molecule has 0 amide bonds. The van der Waals surface area contributed by atoms with Crippen LogP contribution in [0.25, 0.3) is 33.8 Å². The Morgan fingerprint density at radius 2 is 1.37 bits per heavy atom. The second-order valence-corrected chi connectivity index (χ2v) is 10.0. The third-order valence-electron chi connectivity index (χ3n) is 8.29. The van der Waals surface area contributed by atoms with Crippen LogP contribution in [-0.2, 0) is 0 Å². The Kier molecular flexibility index (Phi) is 3.56. The van der Waals surface area contributed by atoms with Gasteiger partial charge in [-0.05, 0) is 60.7 Å². The van der Waals surface area contributed by atoms with Gasteiger partial charge in [0.25, 0.3) is 0 Å². The molecule has 182 valence electrons. The molecule has 4 aliphatic heterocycles. The maximum absolute atomic E-state index is 7.05. The zero-order chi connectivity index (χ0) is 25.2. The first-order valence-electron chi connectivity index (χ1n) is 12.7. The van der Waals surface area contributed by atoms with E-state index < -0.39 is 6.82 Å². The van der Waals surface area contributed by atoms with Crippen molar-refractivity contribution in [2.24, 2.45) is 0 Å². The third-order valence-corrected chi connectivity index (χ3v) is 8.29. The lowest BCUT2D eigenvalue weighted by molar-refractivity contribution is -0.330. The number of para-hydroxylation sites is 2. The molecule has 0 radical (unpaired) electrons. The van der Waals surface area contributed by atoms with Gasteiger partial charge in [0.05, 0.1) is 42.4 Å². The fourth-order valence-electron chi connectivity index (χ4n) is 6.76. The van der Waals surface area contributed by atoms with Crippen molar-refractivity contribution in [2.45, 2.75) is 0 Å². The molecule has 5 aromatic rings. The van der Waals surface area contributed by atoms with Gasteiger partial charge in [0.1, 0.15) is 11.5 Å². The first-order chi connectivity index (χ1) is 18.7. The van der Waals surface area contributed by atoms with Crippen LogP contribution in [0.5, 0.6) is 23.0 Å². The van der Waals surface area contributed by atoms with Crippen LogP contribution < -0.4 is 18.8 Å². The van der Waals surface area contributed by atoms with Crippen molar-refractivity contribution < 1.29 is 23.3 Å². The number of fused-ring (bicyclic) bond motifs is 10. The number of methoxy groups -OCH3 is 2. The van der Waals surface area contributed by atoms with E-state index in [1.54, 1.807) is 14.2 Å². The number of benzene rings is 4. The number of aromatic nitrogens is 1. The van der Waals surface area contributed by atoms with E-state index in [9.17, 15) is 0 Å². The molecular formula is C31H21BN2O4. The van der Waals surface area contributed by atoms with Crippen LogP contribution >= 0.6 is 0 Å². The molecule has 0 saturated heterocycles. The van der Waals surface area contributed by atoms with Gasteiger partial charge in [-0.15, -0.1) is 0 Å². The SMILES string of the molecule is COc1ccc2c(c1)C1=[N+]3C2=Cc2c4ccc(OC)cc4c4n2[B-]3(Oc2ccccc21)Oc1ccccc1-4. The molecule has 4 aromatic carbocycles. The molecule has 5 heterocycles. The van der Waals surface area contributed by atoms with E-state index in [1.165, 1.54) is 0 Å². The minimum absolute atomic E-state index is 0.794. The summed E-state index contributed by atoms with van der Waals surface area (Å²) < 4.78 is 29.9. The Morgan fingerprint density at radius 1 is 0.684 bits per heavy atom. The molecule has 1 atom stereocenters. The Morgan fingerprint density at radius 3 is 2.16 bits per heavy atom. The zero-order valence-corrected chi connectivity index (χ0v) is 20.8. The Bertz CT molecular complexity index is 1970. The highest BCUT2D eigenvalue weighted by atomic mass is 16.6. The van der Waals surface area contributed by atoms with Crippen molar-refractivity contribution in [3.05, 3.63) is 107 Å². The van der Waals surface area contributed by atoms with Gasteiger partial charge in [0.2, 0.25) is 0 Å². The van der Waals surface area contributed by atoms with Crippen LogP contribution in [0.2, 0.25) is 0 Å². The summed E-state index contributed by atoms with van der Waals surface area (Å²) in [5.41, 5.74) is 8.54. The summed E-state index contributed by atoms with van der Waals surface area (Å²) in [4.78, 5) is 0. The molecule has 38 heavy (non-hydrogen) atoms. The number of rotatable bonds is 2. The molecule has 4 aliphatic rings. The third kappa shape index (κ3) is 2.20. The van der Waals surface area contributed by atoms with Crippen LogP contribution in [0.1, 0.15) is 22.4 Å². The number of ether oxygens (including phenoxy) is 2. The van der Waals surface area contributed by atoms with E-state index in [0.717, 1.165) is 78.8 Å². The summed E-state index contributed by atoms with van der Waals surface area (Å²) in [5, 5.41) is 2.23. The molecule has 9 rings (SSSR count).